The standard InChI is InChI=1S/4Li.17H3N.9Pb/h;;;;17*1H3;;;;;;;;;/q4*+1;;;;;;;;;;;;;;;;;;;;;;;;;;/p+12. The van der Waals surface area contributed by atoms with Gasteiger partial charge in [-0.2, -0.15) is 0 Å². The summed E-state index contributed by atoms with van der Waals surface area (Å²) in [7, 11) is 0. The van der Waals surface area contributed by atoms with Crippen LogP contribution in [0.2, 0.25) is 0 Å². The summed E-state index contributed by atoms with van der Waals surface area (Å²) >= 11 is 0. The van der Waals surface area contributed by atoms with Crippen LogP contribution in [0.4, 0.5) is 0 Å². The Labute approximate surface area is 415 Å². The summed E-state index contributed by atoms with van der Waals surface area (Å²) in [6, 6.07) is 0. The molecule has 172 valence electrons. The average molecular weight is 2190 g/mol. The van der Waals surface area contributed by atoms with Crippen molar-refractivity contribution >= 4 is 246 Å². The van der Waals surface area contributed by atoms with E-state index < -0.39 is 0 Å². The number of hydrogen-bond acceptors (Lipinski definition) is 5. The molecule has 0 aliphatic rings. The molecule has 63 N–H and O–H groups in total. The molecule has 36 radical (unpaired) electrons. The molecule has 0 aromatic carbocycles. The fourth-order valence-electron chi connectivity index (χ4n) is 0. The van der Waals surface area contributed by atoms with Crippen molar-refractivity contribution in [1.29, 1.82) is 0 Å². The molecule has 30 heteroatoms. The zero-order valence-corrected chi connectivity index (χ0v) is 59.0. The first-order valence-electron chi connectivity index (χ1n) is 0. The molecular formula is H63Li4N17Pb9+16. The predicted octanol–water partition coefficient (Wildman–Crippen LogP) is -10.1. The van der Waals surface area contributed by atoms with Crippen molar-refractivity contribution in [2.24, 2.45) is 0 Å². The Morgan fingerprint density at radius 2 is 0.133 bits per heavy atom. The van der Waals surface area contributed by atoms with Crippen molar-refractivity contribution in [3.05, 3.63) is 0 Å². The molecule has 0 aromatic rings. The maximum atomic E-state index is 0. The van der Waals surface area contributed by atoms with Crippen LogP contribution in [0.25, 0.3) is 0 Å². The Kier molecular flexibility index (Phi) is 11400. The quantitative estimate of drug-likeness (QED) is 0.105. The average Bonchev–Trinajstić information content (AvgIpc) is 0. The van der Waals surface area contributed by atoms with Crippen molar-refractivity contribution in [2.45, 2.75) is 0 Å². The van der Waals surface area contributed by atoms with Crippen molar-refractivity contribution in [2.75, 3.05) is 0 Å². The smallest absolute Gasteiger partial charge is 0.369 e. The molecule has 17 nitrogen and oxygen atoms in total. The molecule has 0 bridgehead atoms. The minimum atomic E-state index is 0. The monoisotopic (exact) mass is 2200 g/mol. The van der Waals surface area contributed by atoms with Crippen molar-refractivity contribution in [3.8, 4) is 0 Å². The van der Waals surface area contributed by atoms with Gasteiger partial charge in [0.2, 0.25) is 0 Å². The van der Waals surface area contributed by atoms with Crippen LogP contribution in [0.1, 0.15) is 0 Å². The van der Waals surface area contributed by atoms with E-state index in [1.807, 2.05) is 0 Å². The van der Waals surface area contributed by atoms with Gasteiger partial charge in [-0.15, -0.1) is 0 Å². The maximum Gasteiger partial charge on any atom is 1.00 e. The van der Waals surface area contributed by atoms with Gasteiger partial charge < -0.3 is 105 Å². The van der Waals surface area contributed by atoms with E-state index in [0.29, 0.717) is 0 Å². The summed E-state index contributed by atoms with van der Waals surface area (Å²) in [4.78, 5) is 0. The molecule has 0 saturated carbocycles. The Morgan fingerprint density at radius 1 is 0.133 bits per heavy atom. The Bertz CT molecular complexity index is 41.2. The summed E-state index contributed by atoms with van der Waals surface area (Å²) < 4.78 is 0. The van der Waals surface area contributed by atoms with Crippen LogP contribution in [0, 0.1) is 0 Å². The molecule has 30 heavy (non-hydrogen) atoms. The normalized spacial score (nSPS) is 0. The molecule has 0 aliphatic heterocycles. The predicted molar refractivity (Wildman–Crippen MR) is 149 cm³/mol. The molecule has 0 spiro atoms. The number of hydrogen-bond donors (Lipinski definition) is 17. The molecule has 0 saturated heterocycles. The van der Waals surface area contributed by atoms with Gasteiger partial charge in [-0.25, -0.2) is 0 Å². The largest absolute Gasteiger partial charge is 1.00 e. The van der Waals surface area contributed by atoms with E-state index in [0.717, 1.165) is 0 Å². The summed E-state index contributed by atoms with van der Waals surface area (Å²) in [6.07, 6.45) is 0. The van der Waals surface area contributed by atoms with E-state index in [4.69, 9.17) is 0 Å². The van der Waals surface area contributed by atoms with Crippen LogP contribution in [0.5, 0.6) is 0 Å². The van der Waals surface area contributed by atoms with Crippen LogP contribution >= 0.6 is 0 Å². The van der Waals surface area contributed by atoms with E-state index in [9.17, 15) is 0 Å². The molecule has 0 rings (SSSR count). The van der Waals surface area contributed by atoms with E-state index in [1.165, 1.54) is 0 Å². The minimum absolute atomic E-state index is 0. The molecule has 0 fully saturated rings. The first kappa shape index (κ1) is 608. The summed E-state index contributed by atoms with van der Waals surface area (Å²) in [5.41, 5.74) is 0. The third kappa shape index (κ3) is 520. The van der Waals surface area contributed by atoms with Gasteiger partial charge in [0.1, 0.15) is 0 Å². The van der Waals surface area contributed by atoms with Gasteiger partial charge in [0, 0.05) is 246 Å². The maximum absolute atomic E-state index is 0. The Balaban J connectivity index is 0. The fraction of sp³-hybridized carbons (Fsp3) is 0. The third-order valence-electron chi connectivity index (χ3n) is 0. The molecule has 0 heterocycles. The molecule has 0 aliphatic carbocycles. The van der Waals surface area contributed by atoms with Crippen LogP contribution in [-0.2, 0) is 0 Å². The van der Waals surface area contributed by atoms with Crippen LogP contribution < -0.4 is 180 Å². The Hall–Kier alpha value is 10.0. The summed E-state index contributed by atoms with van der Waals surface area (Å²) in [6.45, 7) is 0. The van der Waals surface area contributed by atoms with Gasteiger partial charge in [-0.1, -0.05) is 0 Å². The SMILES string of the molecule is N.N.N.N.N.[Li+].[Li+].[Li+].[Li+].[NH4+].[NH4+].[NH4+].[NH4+].[NH4+].[NH4+].[NH4+].[NH4+].[NH4+].[NH4+].[NH4+].[NH4+].[Pb].[Pb].[Pb].[Pb].[Pb].[Pb].[Pb].[Pb].[Pb]. The third-order valence-corrected chi connectivity index (χ3v) is 0. The van der Waals surface area contributed by atoms with Crippen LogP contribution in [0.15, 0.2) is 0 Å². The molecule has 0 atom stereocenters. The van der Waals surface area contributed by atoms with Gasteiger partial charge in [0.15, 0.2) is 0 Å². The van der Waals surface area contributed by atoms with Gasteiger partial charge in [-0.05, 0) is 0 Å². The van der Waals surface area contributed by atoms with Crippen molar-refractivity contribution in [1.82, 2.24) is 105 Å². The first-order valence-corrected chi connectivity index (χ1v) is 0. The van der Waals surface area contributed by atoms with Gasteiger partial charge in [0.25, 0.3) is 0 Å². The van der Waals surface area contributed by atoms with Crippen LogP contribution in [0.3, 0.4) is 0 Å². The summed E-state index contributed by atoms with van der Waals surface area (Å²) in [5.74, 6) is 0. The molecule has 0 amide bonds. The zero-order chi connectivity index (χ0) is 0. The van der Waals surface area contributed by atoms with Gasteiger partial charge in [0.05, 0.1) is 0 Å². The molecular weight excluding hydrogens is 2130 g/mol. The van der Waals surface area contributed by atoms with E-state index in [1.54, 1.807) is 0 Å². The zero-order valence-electron chi connectivity index (χ0n) is 24.0. The first-order chi connectivity index (χ1) is 0. The second-order valence-corrected chi connectivity index (χ2v) is 0. The minimum Gasteiger partial charge on any atom is -0.369 e. The second kappa shape index (κ2) is 563. The van der Waals surface area contributed by atoms with Gasteiger partial charge in [-0.3, -0.25) is 0 Å². The topological polar surface area (TPSA) is 613 Å². The molecule has 0 unspecified atom stereocenters. The van der Waals surface area contributed by atoms with Crippen molar-refractivity contribution in [3.63, 3.8) is 0 Å². The van der Waals surface area contributed by atoms with E-state index >= 15 is 0 Å². The van der Waals surface area contributed by atoms with E-state index in [-0.39, 0.29) is 426 Å². The summed E-state index contributed by atoms with van der Waals surface area (Å²) in [5, 5.41) is 0. The van der Waals surface area contributed by atoms with Crippen LogP contribution in [-0.4, -0.2) is 246 Å². The second-order valence-electron chi connectivity index (χ2n) is 0. The van der Waals surface area contributed by atoms with Gasteiger partial charge >= 0.3 is 75.4 Å². The number of quaternary nitrogens is 12. The Morgan fingerprint density at radius 3 is 0.133 bits per heavy atom. The number of rotatable bonds is 0. The van der Waals surface area contributed by atoms with Crippen molar-refractivity contribution < 1.29 is 75.4 Å². The molecule has 0 aromatic heterocycles. The fourth-order valence-corrected chi connectivity index (χ4v) is 0. The van der Waals surface area contributed by atoms with E-state index in [2.05, 4.69) is 0 Å².